The summed E-state index contributed by atoms with van der Waals surface area (Å²) in [7, 11) is 3.94. The number of nitrogens with zero attached hydrogens (tertiary/aromatic N) is 4. The predicted molar refractivity (Wildman–Crippen MR) is 96.8 cm³/mol. The summed E-state index contributed by atoms with van der Waals surface area (Å²) in [5.41, 5.74) is 2.81. The molecule has 0 spiro atoms. The van der Waals surface area contributed by atoms with Crippen molar-refractivity contribution in [2.75, 3.05) is 19.0 Å². The Kier molecular flexibility index (Phi) is 5.32. The van der Waals surface area contributed by atoms with Gasteiger partial charge in [-0.1, -0.05) is 19.9 Å². The molecule has 1 aliphatic carbocycles. The van der Waals surface area contributed by atoms with E-state index in [9.17, 15) is 4.39 Å². The van der Waals surface area contributed by atoms with Crippen LogP contribution in [0.5, 0.6) is 0 Å². The highest BCUT2D eigenvalue weighted by atomic mass is 19.1. The number of allylic oxidation sites excluding steroid dienone is 1. The summed E-state index contributed by atoms with van der Waals surface area (Å²) in [6.45, 7) is 9.69. The highest BCUT2D eigenvalue weighted by Crippen LogP contribution is 2.42. The Bertz CT molecular complexity index is 738. The molecule has 0 aliphatic heterocycles. The highest BCUT2D eigenvalue weighted by molar-refractivity contribution is 5.60. The van der Waals surface area contributed by atoms with Crippen LogP contribution in [0.1, 0.15) is 38.4 Å². The van der Waals surface area contributed by atoms with Gasteiger partial charge in [-0.3, -0.25) is 4.98 Å². The van der Waals surface area contributed by atoms with E-state index in [-0.39, 0.29) is 11.2 Å². The zero-order chi connectivity index (χ0) is 17.9. The van der Waals surface area contributed by atoms with Crippen LogP contribution in [0.15, 0.2) is 31.0 Å². The molecule has 0 N–H and O–H groups in total. The van der Waals surface area contributed by atoms with Crippen LogP contribution in [0.25, 0.3) is 11.5 Å². The first kappa shape index (κ1) is 18.0. The van der Waals surface area contributed by atoms with Crippen LogP contribution in [-0.4, -0.2) is 29.0 Å². The number of hydrogen-bond acceptors (Lipinski definition) is 4. The second-order valence-corrected chi connectivity index (χ2v) is 6.74. The Morgan fingerprint density at radius 1 is 1.29 bits per heavy atom. The van der Waals surface area contributed by atoms with E-state index in [1.54, 1.807) is 6.08 Å². The van der Waals surface area contributed by atoms with Crippen molar-refractivity contribution in [1.29, 1.82) is 0 Å². The third-order valence-electron chi connectivity index (χ3n) is 4.00. The summed E-state index contributed by atoms with van der Waals surface area (Å²) < 4.78 is 13.4. The van der Waals surface area contributed by atoms with E-state index < -0.39 is 0 Å². The minimum absolute atomic E-state index is 0.0723. The number of anilines is 1. The molecule has 3 rings (SSSR count). The molecule has 0 radical (unpaired) electrons. The van der Waals surface area contributed by atoms with E-state index in [0.717, 1.165) is 24.4 Å². The molecule has 5 heteroatoms. The lowest BCUT2D eigenvalue weighted by atomic mass is 9.87. The van der Waals surface area contributed by atoms with E-state index in [1.165, 1.54) is 23.9 Å². The molecule has 0 aromatic carbocycles. The molecule has 0 atom stereocenters. The van der Waals surface area contributed by atoms with E-state index in [2.05, 4.69) is 35.4 Å². The monoisotopic (exact) mass is 328 g/mol. The van der Waals surface area contributed by atoms with Crippen LogP contribution in [0.4, 0.5) is 10.2 Å². The van der Waals surface area contributed by atoms with Gasteiger partial charge < -0.3 is 4.90 Å². The molecule has 0 bridgehead atoms. The number of aryl methyl sites for hydroxylation is 1. The number of halogens is 1. The molecule has 2 aromatic heterocycles. The predicted octanol–water partition coefficient (Wildman–Crippen LogP) is 4.16. The zero-order valence-electron chi connectivity index (χ0n) is 15.1. The molecule has 0 amide bonds. The number of rotatable bonds is 2. The normalized spacial score (nSPS) is 14.4. The van der Waals surface area contributed by atoms with Gasteiger partial charge in [0, 0.05) is 31.9 Å². The van der Waals surface area contributed by atoms with Crippen molar-refractivity contribution in [2.24, 2.45) is 0 Å². The first-order chi connectivity index (χ1) is 11.3. The first-order valence-electron chi connectivity index (χ1n) is 8.08. The van der Waals surface area contributed by atoms with E-state index >= 15 is 0 Å². The fourth-order valence-electron chi connectivity index (χ4n) is 2.89. The van der Waals surface area contributed by atoms with Crippen LogP contribution < -0.4 is 4.90 Å². The van der Waals surface area contributed by atoms with Crippen LogP contribution >= 0.6 is 0 Å². The SMILES string of the molecule is C=CC.CN(C)c1nc(-c2cc(F)ccn2)nc2c1C(C)(C)CC2. The van der Waals surface area contributed by atoms with Gasteiger partial charge in [0.05, 0.1) is 5.69 Å². The van der Waals surface area contributed by atoms with E-state index in [4.69, 9.17) is 0 Å². The molecule has 0 unspecified atom stereocenters. The topological polar surface area (TPSA) is 41.9 Å². The summed E-state index contributed by atoms with van der Waals surface area (Å²) in [6, 6.07) is 2.70. The maximum Gasteiger partial charge on any atom is 0.180 e. The van der Waals surface area contributed by atoms with Crippen molar-refractivity contribution in [2.45, 2.75) is 39.0 Å². The fourth-order valence-corrected chi connectivity index (χ4v) is 2.89. The van der Waals surface area contributed by atoms with Crippen molar-refractivity contribution < 1.29 is 4.39 Å². The van der Waals surface area contributed by atoms with Crippen molar-refractivity contribution in [3.8, 4) is 11.5 Å². The van der Waals surface area contributed by atoms with Crippen molar-refractivity contribution in [1.82, 2.24) is 15.0 Å². The van der Waals surface area contributed by atoms with E-state index in [1.807, 2.05) is 25.9 Å². The largest absolute Gasteiger partial charge is 0.362 e. The lowest BCUT2D eigenvalue weighted by Gasteiger charge is -2.25. The number of fused-ring (bicyclic) bond motifs is 1. The highest BCUT2D eigenvalue weighted by Gasteiger charge is 2.35. The Morgan fingerprint density at radius 2 is 1.96 bits per heavy atom. The standard InChI is InChI=1S/C16H19FN4.C3H6/c1-16(2)7-5-11-13(16)15(21(3)4)20-14(19-11)12-9-10(17)6-8-18-12;1-3-2/h6,8-9H,5,7H2,1-4H3;3H,1H2,2H3. The van der Waals surface area contributed by atoms with Crippen LogP contribution in [-0.2, 0) is 11.8 Å². The molecule has 24 heavy (non-hydrogen) atoms. The maximum atomic E-state index is 13.4. The smallest absolute Gasteiger partial charge is 0.180 e. The molecule has 128 valence electrons. The third-order valence-corrected chi connectivity index (χ3v) is 4.00. The van der Waals surface area contributed by atoms with Gasteiger partial charge in [-0.15, -0.1) is 6.58 Å². The average molecular weight is 328 g/mol. The molecule has 4 nitrogen and oxygen atoms in total. The van der Waals surface area contributed by atoms with Gasteiger partial charge in [0.25, 0.3) is 0 Å². The van der Waals surface area contributed by atoms with Crippen molar-refractivity contribution >= 4 is 5.82 Å². The zero-order valence-corrected chi connectivity index (χ0v) is 15.1. The average Bonchev–Trinajstić information content (AvgIpc) is 2.83. The van der Waals surface area contributed by atoms with Gasteiger partial charge in [-0.25, -0.2) is 14.4 Å². The molecular formula is C19H25FN4. The minimum atomic E-state index is -0.323. The Hall–Kier alpha value is -2.30. The summed E-state index contributed by atoms with van der Waals surface area (Å²) in [5.74, 6) is 1.08. The van der Waals surface area contributed by atoms with E-state index in [0.29, 0.717) is 11.5 Å². The Balaban J connectivity index is 0.000000647. The maximum absolute atomic E-state index is 13.4. The summed E-state index contributed by atoms with van der Waals surface area (Å²) in [4.78, 5) is 15.5. The molecular weight excluding hydrogens is 303 g/mol. The quantitative estimate of drug-likeness (QED) is 0.776. The Morgan fingerprint density at radius 3 is 2.54 bits per heavy atom. The van der Waals surface area contributed by atoms with Gasteiger partial charge in [-0.05, 0) is 31.2 Å². The molecule has 0 saturated heterocycles. The number of hydrogen-bond donors (Lipinski definition) is 0. The Labute approximate surface area is 143 Å². The van der Waals surface area contributed by atoms with Crippen LogP contribution in [0, 0.1) is 5.82 Å². The molecule has 2 aromatic rings. The van der Waals surface area contributed by atoms with Gasteiger partial charge in [-0.2, -0.15) is 0 Å². The molecule has 0 fully saturated rings. The fraction of sp³-hybridized carbons (Fsp3) is 0.421. The molecule has 2 heterocycles. The number of pyridine rings is 1. The second-order valence-electron chi connectivity index (χ2n) is 6.74. The molecule has 0 saturated carbocycles. The van der Waals surface area contributed by atoms with Crippen LogP contribution in [0.2, 0.25) is 0 Å². The minimum Gasteiger partial charge on any atom is -0.362 e. The first-order valence-corrected chi connectivity index (χ1v) is 8.08. The van der Waals surface area contributed by atoms with Gasteiger partial charge in [0.2, 0.25) is 0 Å². The summed E-state index contributed by atoms with van der Waals surface area (Å²) in [6.07, 6.45) is 5.17. The van der Waals surface area contributed by atoms with Crippen LogP contribution in [0.3, 0.4) is 0 Å². The van der Waals surface area contributed by atoms with Gasteiger partial charge in [0.1, 0.15) is 17.3 Å². The van der Waals surface area contributed by atoms with Gasteiger partial charge in [0.15, 0.2) is 5.82 Å². The lowest BCUT2D eigenvalue weighted by molar-refractivity contribution is 0.521. The van der Waals surface area contributed by atoms with Crippen molar-refractivity contribution in [3.05, 3.63) is 48.1 Å². The third kappa shape index (κ3) is 3.61. The summed E-state index contributed by atoms with van der Waals surface area (Å²) in [5, 5.41) is 0. The lowest BCUT2D eigenvalue weighted by Crippen LogP contribution is -2.21. The molecule has 1 aliphatic rings. The summed E-state index contributed by atoms with van der Waals surface area (Å²) >= 11 is 0. The number of aromatic nitrogens is 3. The van der Waals surface area contributed by atoms with Crippen molar-refractivity contribution in [3.63, 3.8) is 0 Å². The second kappa shape index (κ2) is 7.07. The van der Waals surface area contributed by atoms with Gasteiger partial charge >= 0.3 is 0 Å².